The molecule has 0 amide bonds. The highest BCUT2D eigenvalue weighted by atomic mass is 16.6. The van der Waals surface area contributed by atoms with Crippen LogP contribution in [0.2, 0.25) is 0 Å². The van der Waals surface area contributed by atoms with Crippen molar-refractivity contribution in [2.45, 2.75) is 343 Å². The molecule has 0 aliphatic heterocycles. The molecule has 6 aliphatic carbocycles. The Labute approximate surface area is 864 Å². The largest absolute Gasteiger partial charge is 0.462 e. The van der Waals surface area contributed by atoms with E-state index in [0.717, 1.165) is 119 Å². The van der Waals surface area contributed by atoms with Crippen LogP contribution < -0.4 is 0 Å². The van der Waals surface area contributed by atoms with Crippen LogP contribution in [0.15, 0.2) is 229 Å². The zero-order valence-corrected chi connectivity index (χ0v) is 92.2. The Morgan fingerprint density at radius 2 is 0.713 bits per heavy atom. The van der Waals surface area contributed by atoms with Crippen molar-refractivity contribution < 1.29 is 105 Å². The van der Waals surface area contributed by atoms with Crippen molar-refractivity contribution in [1.29, 1.82) is 0 Å². The van der Waals surface area contributed by atoms with E-state index in [1.54, 1.807) is 54.5 Å². The lowest BCUT2D eigenvalue weighted by Crippen LogP contribution is -2.33. The predicted molar refractivity (Wildman–Crippen MR) is 582 cm³/mol. The third-order valence-electron chi connectivity index (χ3n) is 24.7. The molecule has 0 aromatic heterocycles. The number of ether oxygens (including phenoxy) is 11. The molecule has 143 heavy (non-hydrogen) atoms. The summed E-state index contributed by atoms with van der Waals surface area (Å²) in [6, 6.07) is 0. The second kappa shape index (κ2) is 81.3. The highest BCUT2D eigenvalue weighted by Gasteiger charge is 2.56. The lowest BCUT2D eigenvalue weighted by molar-refractivity contribution is -0.148. The Bertz CT molecular complexity index is 4220. The van der Waals surface area contributed by atoms with Gasteiger partial charge in [-0.3, -0.25) is 0 Å². The van der Waals surface area contributed by atoms with E-state index in [0.29, 0.717) is 121 Å². The van der Waals surface area contributed by atoms with Crippen LogP contribution in [0.1, 0.15) is 319 Å². The average Bonchev–Trinajstić information content (AvgIpc) is 1.59. The van der Waals surface area contributed by atoms with E-state index in [-0.39, 0.29) is 73.9 Å². The van der Waals surface area contributed by atoms with E-state index in [2.05, 4.69) is 219 Å². The van der Waals surface area contributed by atoms with E-state index in [4.69, 9.17) is 42.6 Å². The number of carbonyl (C=O) groups excluding carboxylic acids is 9. The minimum absolute atomic E-state index is 0.0805. The molecule has 6 aliphatic rings. The average molecular weight is 2000 g/mol. The first-order chi connectivity index (χ1) is 67.6. The topological polar surface area (TPSA) is 296 Å². The number of fused-ring (bicyclic) bond motifs is 10. The normalized spacial score (nSPS) is 19.7. The maximum Gasteiger partial charge on any atom is 0.333 e. The lowest BCUT2D eigenvalue weighted by atomic mass is 9.76. The van der Waals surface area contributed by atoms with Crippen LogP contribution in [0.4, 0.5) is 0 Å². The summed E-state index contributed by atoms with van der Waals surface area (Å²) in [5.74, 6) is 4.49. The first-order valence-corrected chi connectivity index (χ1v) is 52.1. The highest BCUT2D eigenvalue weighted by Crippen LogP contribution is 2.60. The van der Waals surface area contributed by atoms with Crippen LogP contribution in [0.25, 0.3) is 0 Å². The summed E-state index contributed by atoms with van der Waals surface area (Å²) < 4.78 is 55.6. The van der Waals surface area contributed by atoms with Crippen molar-refractivity contribution >= 4 is 53.7 Å². The molecule has 22 nitrogen and oxygen atoms in total. The van der Waals surface area contributed by atoms with Gasteiger partial charge in [-0.2, -0.15) is 0 Å². The molecule has 4 fully saturated rings. The molecule has 0 spiro atoms. The van der Waals surface area contributed by atoms with Crippen LogP contribution in [0.5, 0.6) is 0 Å². The maximum atomic E-state index is 11.6. The Hall–Kier alpha value is -9.87. The lowest BCUT2D eigenvalue weighted by Gasteiger charge is -2.33. The summed E-state index contributed by atoms with van der Waals surface area (Å²) in [4.78, 5) is 99.8. The number of unbranched alkanes of at least 4 members (excludes halogenated alkanes) is 12. The number of aliphatic hydroxyl groups is 2. The minimum Gasteiger partial charge on any atom is -0.462 e. The van der Waals surface area contributed by atoms with Crippen LogP contribution in [-0.4, -0.2) is 161 Å². The van der Waals surface area contributed by atoms with E-state index < -0.39 is 30.1 Å². The van der Waals surface area contributed by atoms with Gasteiger partial charge in [-0.25, -0.2) is 43.2 Å². The maximum absolute atomic E-state index is 11.6. The summed E-state index contributed by atoms with van der Waals surface area (Å²) in [7, 11) is 0. The quantitative estimate of drug-likeness (QED) is 0.0188. The molecule has 0 heterocycles. The Kier molecular flexibility index (Phi) is 76.9. The molecule has 4 bridgehead atoms. The predicted octanol–water partition coefficient (Wildman–Crippen LogP) is 27.1. The minimum atomic E-state index is -1.04. The summed E-state index contributed by atoms with van der Waals surface area (Å²) in [6.07, 6.45) is 60.8. The summed E-state index contributed by atoms with van der Waals surface area (Å²) in [6.45, 7) is 78.4. The zero-order valence-electron chi connectivity index (χ0n) is 92.2. The van der Waals surface area contributed by atoms with Gasteiger partial charge in [0, 0.05) is 56.6 Å². The van der Waals surface area contributed by atoms with Gasteiger partial charge in [-0.05, 0) is 305 Å². The standard InChI is InChI=1S/C22H40O2.C19H30O2.C17H24O3.C15H20O2.C14H24O2.C14H22O2.C10H14O5.C10H16O4/c1-4-5-6-7-8-9-10-11-12-13-14-15-16-17-18-19-20-24-22(23)21(2)3;1-15(2)9-7-10-17(5)11-8-12-18(6)13-14-21-19(20)16(3)4;1-10(2)17(18)20-7-6-19-15-9-12-8-14(15)13-5-4-11(3)16(12)13;1-8(2)15(16)17-13-7-10-6-12(13)11-5-4-9(3)14(10)11;2*1-11(2)7-6-8-13(5)9-10-16-14(15)12(3)4;1-4-9(12)14-5-8(11)6-15-10(13)7(2)3;1-4-5-13-6-9(11)7-14-10(12)8(2)3/h11-12H,2,4-10,13-20H2,1,3H3;9,11,13H,3,7-8,10,12,14H2,1-2,4-6H3;4-5,11-16H,1,6-9H2,2-3H3;4-5,9-14H,1,6-7H2,2-3H3;7,13H,3,6,8-10H2,1-2,4-5H3;7,9H,3,6,8,10H2,1-2,4-5H3;4,8,11H,1-2,5-6H2,3H3;4,9,11H,1-2,5-7H2,3H3/b12-11-;17-11+,18-13+;;;;13-9+;;. The highest BCUT2D eigenvalue weighted by molar-refractivity contribution is 5.90. The number of hydrogen-bond acceptors (Lipinski definition) is 22. The van der Waals surface area contributed by atoms with Crippen molar-refractivity contribution in [3.63, 3.8) is 0 Å². The monoisotopic (exact) mass is 2000 g/mol. The fourth-order valence-electron chi connectivity index (χ4n) is 16.7. The molecule has 0 saturated heterocycles. The van der Waals surface area contributed by atoms with Crippen LogP contribution in [0, 0.1) is 65.1 Å². The van der Waals surface area contributed by atoms with Gasteiger partial charge >= 0.3 is 53.7 Å². The van der Waals surface area contributed by atoms with Crippen LogP contribution in [-0.2, 0) is 95.3 Å². The molecular formula is C121H190O22. The fraction of sp³-hybridized carbons (Fsp3) is 0.612. The molecule has 806 valence electrons. The summed E-state index contributed by atoms with van der Waals surface area (Å²) in [5, 5.41) is 18.4. The third-order valence-corrected chi connectivity index (χ3v) is 24.7. The van der Waals surface area contributed by atoms with Gasteiger partial charge in [0.25, 0.3) is 0 Å². The summed E-state index contributed by atoms with van der Waals surface area (Å²) in [5.41, 5.74) is 11.3. The van der Waals surface area contributed by atoms with Gasteiger partial charge in [-0.1, -0.05) is 245 Å². The Morgan fingerprint density at radius 3 is 1.13 bits per heavy atom. The molecular weight excluding hydrogens is 1810 g/mol. The number of allylic oxidation sites excluding steroid dienone is 16. The van der Waals surface area contributed by atoms with Gasteiger partial charge in [-0.15, -0.1) is 6.58 Å². The van der Waals surface area contributed by atoms with Crippen molar-refractivity contribution in [2.75, 3.05) is 72.7 Å². The molecule has 15 atom stereocenters. The van der Waals surface area contributed by atoms with Gasteiger partial charge in [0.05, 0.1) is 39.1 Å². The molecule has 0 aromatic rings. The number of esters is 9. The van der Waals surface area contributed by atoms with E-state index >= 15 is 0 Å². The van der Waals surface area contributed by atoms with Crippen LogP contribution >= 0.6 is 0 Å². The first kappa shape index (κ1) is 135. The molecule has 4 saturated carbocycles. The molecule has 2 N–H and O–H groups in total. The van der Waals surface area contributed by atoms with E-state index in [1.165, 1.54) is 137 Å². The Morgan fingerprint density at radius 1 is 0.357 bits per heavy atom. The van der Waals surface area contributed by atoms with Gasteiger partial charge < -0.3 is 62.3 Å². The number of aliphatic hydroxyl groups excluding tert-OH is 2. The SMILES string of the molecule is C=C(C)C(=O)OC/C=C(\C)CC/C=C(\C)CCC=C(C)C.C=C(C)C(=O)OC/C=C(\C)CCC=C(C)C.C=C(C)C(=O)OC1CC2CC1C1C=CC(C)C21.C=C(C)C(=O)OCCC(C)CCC=C(C)C.C=C(C)C(=O)OCCCCCCCC/C=C\CCCCCCCC.C=C(C)C(=O)OCCOC1CC2CC1C1C=CC(C)C21.C=CC(=O)OCC(O)COC(=O)C(=C)C.C=CCOCC(O)COC(=O)C(=C)C. The van der Waals surface area contributed by atoms with Crippen molar-refractivity contribution in [2.24, 2.45) is 65.1 Å². The second-order valence-corrected chi connectivity index (χ2v) is 40.0. The number of hydrogen-bond donors (Lipinski definition) is 2. The molecule has 0 aromatic carbocycles. The first-order valence-electron chi connectivity index (χ1n) is 52.1. The molecule has 15 unspecified atom stereocenters. The number of rotatable bonds is 59. The number of carbonyl (C=O) groups is 9. The molecule has 0 radical (unpaired) electrons. The Balaban J connectivity index is 0. The summed E-state index contributed by atoms with van der Waals surface area (Å²) >= 11 is 0. The fourth-order valence-corrected chi connectivity index (χ4v) is 16.7. The smallest absolute Gasteiger partial charge is 0.333 e. The van der Waals surface area contributed by atoms with Gasteiger partial charge in [0.1, 0.15) is 58.0 Å². The second-order valence-electron chi connectivity index (χ2n) is 40.0. The van der Waals surface area contributed by atoms with Gasteiger partial charge in [0.2, 0.25) is 0 Å². The van der Waals surface area contributed by atoms with E-state index in [1.807, 2.05) is 19.1 Å². The van der Waals surface area contributed by atoms with Gasteiger partial charge in [0.15, 0.2) is 0 Å². The zero-order chi connectivity index (χ0) is 108. The molecule has 6 rings (SSSR count). The van der Waals surface area contributed by atoms with E-state index in [9.17, 15) is 53.4 Å². The van der Waals surface area contributed by atoms with Crippen LogP contribution in [0.3, 0.4) is 0 Å². The van der Waals surface area contributed by atoms with Crippen molar-refractivity contribution in [3.8, 4) is 0 Å². The van der Waals surface area contributed by atoms with Crippen molar-refractivity contribution in [3.05, 3.63) is 229 Å². The van der Waals surface area contributed by atoms with Crippen molar-refractivity contribution in [1.82, 2.24) is 0 Å². The third kappa shape index (κ3) is 67.5. The molecule has 22 heteroatoms.